The number of hydrogen-bond acceptors (Lipinski definition) is 8. The number of aromatic nitrogens is 2. The molecule has 0 atom stereocenters. The van der Waals surface area contributed by atoms with E-state index in [0.717, 1.165) is 10.1 Å². The van der Waals surface area contributed by atoms with Gasteiger partial charge in [0.25, 0.3) is 5.89 Å². The fourth-order valence-corrected chi connectivity index (χ4v) is 3.77. The second kappa shape index (κ2) is 9.29. The molecule has 0 radical (unpaired) electrons. The van der Waals surface area contributed by atoms with E-state index in [9.17, 15) is 14.4 Å². The van der Waals surface area contributed by atoms with E-state index in [2.05, 4.69) is 5.10 Å². The van der Waals surface area contributed by atoms with Crippen molar-refractivity contribution in [1.82, 2.24) is 14.7 Å². The number of ether oxygens (including phenoxy) is 2. The Hall–Kier alpha value is -3.56. The van der Waals surface area contributed by atoms with Gasteiger partial charge in [0.05, 0.1) is 19.1 Å². The van der Waals surface area contributed by atoms with Gasteiger partial charge in [0, 0.05) is 18.5 Å². The van der Waals surface area contributed by atoms with Crippen LogP contribution in [0.25, 0.3) is 22.6 Å². The predicted octanol–water partition coefficient (Wildman–Crippen LogP) is 2.45. The van der Waals surface area contributed by atoms with Crippen molar-refractivity contribution >= 4 is 22.8 Å². The first kappa shape index (κ1) is 21.7. The molecule has 1 aliphatic rings. The SMILES string of the molecule is CCOC(=O)C1CCN(C(=O)Cn2nc(-c3cc4cccc(OCC)c4o3)oc2=O)CC1. The number of esters is 1. The number of benzene rings is 1. The Bertz CT molecular complexity index is 1170. The van der Waals surface area contributed by atoms with Gasteiger partial charge in [0.15, 0.2) is 17.1 Å². The first-order valence-electron chi connectivity index (χ1n) is 10.7. The maximum atomic E-state index is 12.7. The number of hydrogen-bond donors (Lipinski definition) is 0. The standard InChI is InChI=1S/C22H25N3O7/c1-3-29-16-7-5-6-15-12-17(31-19(15)16)20-23-25(22(28)32-20)13-18(26)24-10-8-14(9-11-24)21(27)30-4-2/h5-7,12,14H,3-4,8-11,13H2,1-2H3. The van der Waals surface area contributed by atoms with Crippen molar-refractivity contribution in [2.75, 3.05) is 26.3 Å². The van der Waals surface area contributed by atoms with E-state index >= 15 is 0 Å². The summed E-state index contributed by atoms with van der Waals surface area (Å²) in [6, 6.07) is 7.18. The first-order valence-corrected chi connectivity index (χ1v) is 10.7. The molecular formula is C22H25N3O7. The molecule has 0 bridgehead atoms. The number of amides is 1. The molecular weight excluding hydrogens is 418 g/mol. The normalized spacial score (nSPS) is 14.6. The highest BCUT2D eigenvalue weighted by Gasteiger charge is 2.29. The molecule has 3 aromatic rings. The van der Waals surface area contributed by atoms with E-state index in [4.69, 9.17) is 18.3 Å². The van der Waals surface area contributed by atoms with Crippen LogP contribution >= 0.6 is 0 Å². The molecule has 170 valence electrons. The third-order valence-electron chi connectivity index (χ3n) is 5.38. The van der Waals surface area contributed by atoms with Crippen molar-refractivity contribution in [3.8, 4) is 17.4 Å². The van der Waals surface area contributed by atoms with Gasteiger partial charge in [-0.25, -0.2) is 4.79 Å². The summed E-state index contributed by atoms with van der Waals surface area (Å²) in [6.07, 6.45) is 1.06. The lowest BCUT2D eigenvalue weighted by Gasteiger charge is -2.30. The van der Waals surface area contributed by atoms with Gasteiger partial charge in [-0.15, -0.1) is 5.10 Å². The molecule has 3 heterocycles. The summed E-state index contributed by atoms with van der Waals surface area (Å²) in [5.74, 6) is -0.601. The lowest BCUT2D eigenvalue weighted by Crippen LogP contribution is -2.43. The van der Waals surface area contributed by atoms with Crippen LogP contribution in [0.5, 0.6) is 5.75 Å². The van der Waals surface area contributed by atoms with Crippen molar-refractivity contribution < 1.29 is 27.9 Å². The fraction of sp³-hybridized carbons (Fsp3) is 0.455. The van der Waals surface area contributed by atoms with E-state index in [1.165, 1.54) is 0 Å². The maximum Gasteiger partial charge on any atom is 0.437 e. The highest BCUT2D eigenvalue weighted by molar-refractivity contribution is 5.86. The number of rotatable bonds is 7. The molecule has 10 nitrogen and oxygen atoms in total. The summed E-state index contributed by atoms with van der Waals surface area (Å²) < 4.78 is 22.6. The number of carbonyl (C=O) groups excluding carboxylic acids is 2. The van der Waals surface area contributed by atoms with Gasteiger partial charge < -0.3 is 23.2 Å². The van der Waals surface area contributed by atoms with E-state index in [0.29, 0.717) is 50.5 Å². The van der Waals surface area contributed by atoms with Gasteiger partial charge in [-0.05, 0) is 38.8 Å². The van der Waals surface area contributed by atoms with Gasteiger partial charge in [-0.1, -0.05) is 12.1 Å². The summed E-state index contributed by atoms with van der Waals surface area (Å²) in [7, 11) is 0. The molecule has 1 aromatic carbocycles. The smallest absolute Gasteiger partial charge is 0.437 e. The molecule has 2 aromatic heterocycles. The molecule has 0 aliphatic carbocycles. The molecule has 1 fully saturated rings. The Labute approximate surface area is 183 Å². The molecule has 1 aliphatic heterocycles. The van der Waals surface area contributed by atoms with E-state index in [1.54, 1.807) is 24.0 Å². The van der Waals surface area contributed by atoms with Crippen molar-refractivity contribution in [2.45, 2.75) is 33.2 Å². The summed E-state index contributed by atoms with van der Waals surface area (Å²) in [5.41, 5.74) is 0.530. The second-order valence-corrected chi connectivity index (χ2v) is 7.46. The minimum absolute atomic E-state index is 0.0116. The van der Waals surface area contributed by atoms with Crippen molar-refractivity contribution in [3.63, 3.8) is 0 Å². The Kier molecular flexibility index (Phi) is 6.29. The third-order valence-corrected chi connectivity index (χ3v) is 5.38. The summed E-state index contributed by atoms with van der Waals surface area (Å²) >= 11 is 0. The van der Waals surface area contributed by atoms with Crippen molar-refractivity contribution in [2.24, 2.45) is 5.92 Å². The highest BCUT2D eigenvalue weighted by Crippen LogP contribution is 2.32. The van der Waals surface area contributed by atoms with E-state index in [-0.39, 0.29) is 36.0 Å². The molecule has 1 saturated heterocycles. The fourth-order valence-electron chi connectivity index (χ4n) is 3.77. The average Bonchev–Trinajstić information content (AvgIpc) is 3.38. The summed E-state index contributed by atoms with van der Waals surface area (Å²) in [6.45, 7) is 5.06. The molecule has 0 saturated carbocycles. The lowest BCUT2D eigenvalue weighted by molar-refractivity contribution is -0.151. The summed E-state index contributed by atoms with van der Waals surface area (Å²) in [4.78, 5) is 38.4. The van der Waals surface area contributed by atoms with E-state index in [1.807, 2.05) is 19.1 Å². The molecule has 10 heteroatoms. The van der Waals surface area contributed by atoms with Crippen LogP contribution in [-0.4, -0.2) is 52.9 Å². The number of likely N-dealkylation sites (tertiary alicyclic amines) is 1. The van der Waals surface area contributed by atoms with E-state index < -0.39 is 5.76 Å². The number of carbonyl (C=O) groups is 2. The zero-order chi connectivity index (χ0) is 22.7. The maximum absolute atomic E-state index is 12.7. The topological polar surface area (TPSA) is 117 Å². The Morgan fingerprint density at radius 3 is 2.66 bits per heavy atom. The second-order valence-electron chi connectivity index (χ2n) is 7.46. The summed E-state index contributed by atoms with van der Waals surface area (Å²) in [5, 5.41) is 4.92. The minimum Gasteiger partial charge on any atom is -0.490 e. The van der Waals surface area contributed by atoms with Crippen LogP contribution in [0.15, 0.2) is 37.9 Å². The lowest BCUT2D eigenvalue weighted by atomic mass is 9.97. The number of furan rings is 1. The van der Waals surface area contributed by atoms with Gasteiger partial charge in [-0.3, -0.25) is 9.59 Å². The van der Waals surface area contributed by atoms with Crippen LogP contribution in [-0.2, 0) is 20.9 Å². The van der Waals surface area contributed by atoms with Crippen LogP contribution in [0.3, 0.4) is 0 Å². The highest BCUT2D eigenvalue weighted by atomic mass is 16.5. The zero-order valence-corrected chi connectivity index (χ0v) is 18.0. The zero-order valence-electron chi connectivity index (χ0n) is 18.0. The van der Waals surface area contributed by atoms with Gasteiger partial charge in [-0.2, -0.15) is 4.68 Å². The number of para-hydroxylation sites is 1. The molecule has 1 amide bonds. The van der Waals surface area contributed by atoms with Gasteiger partial charge in [0.2, 0.25) is 5.91 Å². The number of nitrogens with zero attached hydrogens (tertiary/aromatic N) is 3. The molecule has 32 heavy (non-hydrogen) atoms. The Morgan fingerprint density at radius 2 is 1.94 bits per heavy atom. The monoisotopic (exact) mass is 443 g/mol. The number of piperidine rings is 1. The van der Waals surface area contributed by atoms with Gasteiger partial charge >= 0.3 is 11.7 Å². The van der Waals surface area contributed by atoms with Crippen LogP contribution in [0.2, 0.25) is 0 Å². The third kappa shape index (κ3) is 4.39. The molecule has 0 N–H and O–H groups in total. The first-order chi connectivity index (χ1) is 15.5. The minimum atomic E-state index is -0.750. The average molecular weight is 443 g/mol. The Balaban J connectivity index is 1.45. The quantitative estimate of drug-likeness (QED) is 0.511. The number of fused-ring (bicyclic) bond motifs is 1. The molecule has 4 rings (SSSR count). The van der Waals surface area contributed by atoms with Crippen LogP contribution < -0.4 is 10.5 Å². The predicted molar refractivity (Wildman–Crippen MR) is 113 cm³/mol. The van der Waals surface area contributed by atoms with Crippen LogP contribution in [0.1, 0.15) is 26.7 Å². The van der Waals surface area contributed by atoms with Crippen LogP contribution in [0, 0.1) is 5.92 Å². The molecule has 0 spiro atoms. The van der Waals surface area contributed by atoms with Gasteiger partial charge in [0.1, 0.15) is 6.54 Å². The molecule has 0 unspecified atom stereocenters. The van der Waals surface area contributed by atoms with Crippen LogP contribution in [0.4, 0.5) is 0 Å². The largest absolute Gasteiger partial charge is 0.490 e. The van der Waals surface area contributed by atoms with Crippen molar-refractivity contribution in [3.05, 3.63) is 34.8 Å². The van der Waals surface area contributed by atoms with Crippen molar-refractivity contribution in [1.29, 1.82) is 0 Å². The Morgan fingerprint density at radius 1 is 1.16 bits per heavy atom.